The zero-order valence-corrected chi connectivity index (χ0v) is 18.2. The Kier molecular flexibility index (Phi) is 6.70. The molecule has 6 heteroatoms. The molecule has 0 spiro atoms. The monoisotopic (exact) mass is 350 g/mol. The molecule has 1 unspecified atom stereocenters. The summed E-state index contributed by atoms with van der Waals surface area (Å²) in [4.78, 5) is 0. The van der Waals surface area contributed by atoms with Gasteiger partial charge in [0.15, 0.2) is 0 Å². The maximum atomic E-state index is 11.3. The van der Waals surface area contributed by atoms with Crippen LogP contribution in [0, 0.1) is 29.6 Å². The SMILES string of the molecule is CC(C)C(C(C)C)C(O[SiH3])(C(C)C)C1CC(OS(C)(=O)=O)C1. The van der Waals surface area contributed by atoms with Crippen LogP contribution in [0.15, 0.2) is 0 Å². The van der Waals surface area contributed by atoms with Crippen molar-refractivity contribution in [2.45, 2.75) is 66.1 Å². The van der Waals surface area contributed by atoms with Crippen LogP contribution in [-0.4, -0.2) is 36.9 Å². The van der Waals surface area contributed by atoms with Crippen LogP contribution in [0.2, 0.25) is 0 Å². The van der Waals surface area contributed by atoms with Crippen molar-refractivity contribution in [3.63, 3.8) is 0 Å². The van der Waals surface area contributed by atoms with E-state index in [1.54, 1.807) is 0 Å². The van der Waals surface area contributed by atoms with Gasteiger partial charge < -0.3 is 4.43 Å². The molecular formula is C16H34O4SSi. The first-order chi connectivity index (χ1) is 9.95. The molecular weight excluding hydrogens is 316 g/mol. The zero-order chi connectivity index (χ0) is 17.3. The Labute approximate surface area is 140 Å². The summed E-state index contributed by atoms with van der Waals surface area (Å²) in [7, 11) is -2.67. The normalized spacial score (nSPS) is 26.0. The molecule has 0 aromatic carbocycles. The molecule has 0 N–H and O–H groups in total. The van der Waals surface area contributed by atoms with Crippen molar-refractivity contribution in [3.8, 4) is 0 Å². The minimum atomic E-state index is -3.37. The van der Waals surface area contributed by atoms with Gasteiger partial charge in [0.25, 0.3) is 10.1 Å². The molecule has 0 aromatic heterocycles. The topological polar surface area (TPSA) is 52.6 Å². The standard InChI is InChI=1S/C16H34O4SSi/c1-10(2)15(11(3)4)16(20-22,12(5)6)13-8-14(9-13)19-21(7,17)18/h10-15H,8-9H2,1-7,22H3. The molecule has 0 heterocycles. The Bertz CT molecular complexity index is 447. The fraction of sp³-hybridized carbons (Fsp3) is 1.00. The van der Waals surface area contributed by atoms with Crippen LogP contribution in [0.4, 0.5) is 0 Å². The summed E-state index contributed by atoms with van der Waals surface area (Å²) in [5.41, 5.74) is -0.161. The van der Waals surface area contributed by atoms with E-state index in [9.17, 15) is 8.42 Å². The van der Waals surface area contributed by atoms with Crippen LogP contribution in [0.3, 0.4) is 0 Å². The summed E-state index contributed by atoms with van der Waals surface area (Å²) in [5.74, 6) is 2.32. The summed E-state index contributed by atoms with van der Waals surface area (Å²) < 4.78 is 34.0. The lowest BCUT2D eigenvalue weighted by Crippen LogP contribution is -2.59. The van der Waals surface area contributed by atoms with E-state index in [-0.39, 0.29) is 11.7 Å². The minimum Gasteiger partial charge on any atom is -0.422 e. The van der Waals surface area contributed by atoms with E-state index in [0.29, 0.717) is 40.1 Å². The first-order valence-corrected chi connectivity index (χ1v) is 11.0. The highest BCUT2D eigenvalue weighted by Crippen LogP contribution is 2.52. The lowest BCUT2D eigenvalue weighted by Gasteiger charge is -2.56. The molecule has 132 valence electrons. The highest BCUT2D eigenvalue weighted by molar-refractivity contribution is 7.86. The van der Waals surface area contributed by atoms with Crippen LogP contribution in [0.5, 0.6) is 0 Å². The molecule has 0 radical (unpaired) electrons. The first kappa shape index (κ1) is 20.1. The average molecular weight is 351 g/mol. The summed E-state index contributed by atoms with van der Waals surface area (Å²) in [5, 5.41) is 0. The Hall–Kier alpha value is 0.0869. The van der Waals surface area contributed by atoms with Crippen molar-refractivity contribution in [1.29, 1.82) is 0 Å². The lowest BCUT2D eigenvalue weighted by molar-refractivity contribution is -0.152. The van der Waals surface area contributed by atoms with E-state index in [1.807, 2.05) is 0 Å². The van der Waals surface area contributed by atoms with E-state index in [0.717, 1.165) is 19.1 Å². The van der Waals surface area contributed by atoms with Gasteiger partial charge in [-0.3, -0.25) is 4.18 Å². The predicted octanol–water partition coefficient (Wildman–Crippen LogP) is 2.36. The van der Waals surface area contributed by atoms with Gasteiger partial charge in [-0.2, -0.15) is 8.42 Å². The van der Waals surface area contributed by atoms with Gasteiger partial charge in [-0.05, 0) is 42.4 Å². The van der Waals surface area contributed by atoms with Crippen LogP contribution in [0.1, 0.15) is 54.4 Å². The summed E-state index contributed by atoms with van der Waals surface area (Å²) in [6.07, 6.45) is 2.52. The predicted molar refractivity (Wildman–Crippen MR) is 94.2 cm³/mol. The Morgan fingerprint density at radius 1 is 1.05 bits per heavy atom. The smallest absolute Gasteiger partial charge is 0.264 e. The van der Waals surface area contributed by atoms with Gasteiger partial charge in [0.1, 0.15) is 10.5 Å². The molecule has 0 amide bonds. The van der Waals surface area contributed by atoms with Gasteiger partial charge >= 0.3 is 0 Å². The van der Waals surface area contributed by atoms with E-state index in [2.05, 4.69) is 41.5 Å². The van der Waals surface area contributed by atoms with Gasteiger partial charge in [-0.1, -0.05) is 41.5 Å². The quantitative estimate of drug-likeness (QED) is 0.498. The molecule has 0 saturated heterocycles. The minimum absolute atomic E-state index is 0.161. The second kappa shape index (κ2) is 7.32. The van der Waals surface area contributed by atoms with Crippen molar-refractivity contribution in [2.24, 2.45) is 29.6 Å². The van der Waals surface area contributed by atoms with Crippen LogP contribution < -0.4 is 0 Å². The molecule has 4 nitrogen and oxygen atoms in total. The molecule has 1 atom stereocenters. The highest BCUT2D eigenvalue weighted by Gasteiger charge is 2.54. The second-order valence-corrected chi connectivity index (χ2v) is 9.83. The maximum absolute atomic E-state index is 11.3. The number of hydrogen-bond acceptors (Lipinski definition) is 4. The molecule has 0 aromatic rings. The second-order valence-electron chi connectivity index (χ2n) is 7.82. The van der Waals surface area contributed by atoms with Gasteiger partial charge in [0.05, 0.1) is 18.0 Å². The van der Waals surface area contributed by atoms with Gasteiger partial charge in [-0.15, -0.1) is 0 Å². The van der Waals surface area contributed by atoms with Crippen molar-refractivity contribution in [3.05, 3.63) is 0 Å². The van der Waals surface area contributed by atoms with Crippen molar-refractivity contribution in [1.82, 2.24) is 0 Å². The van der Waals surface area contributed by atoms with Crippen molar-refractivity contribution >= 4 is 20.6 Å². The molecule has 0 aliphatic heterocycles. The molecule has 1 fully saturated rings. The average Bonchev–Trinajstić information content (AvgIpc) is 2.27. The maximum Gasteiger partial charge on any atom is 0.264 e. The Morgan fingerprint density at radius 3 is 1.77 bits per heavy atom. The summed E-state index contributed by atoms with van der Waals surface area (Å²) in [6.45, 7) is 13.6. The van der Waals surface area contributed by atoms with Gasteiger partial charge in [-0.25, -0.2) is 0 Å². The molecule has 1 aliphatic rings. The van der Waals surface area contributed by atoms with Crippen LogP contribution in [-0.2, 0) is 18.7 Å². The fourth-order valence-electron chi connectivity index (χ4n) is 4.74. The molecule has 1 rings (SSSR count). The van der Waals surface area contributed by atoms with Crippen LogP contribution >= 0.6 is 0 Å². The van der Waals surface area contributed by atoms with Crippen LogP contribution in [0.25, 0.3) is 0 Å². The number of rotatable bonds is 8. The van der Waals surface area contributed by atoms with E-state index < -0.39 is 10.1 Å². The van der Waals surface area contributed by atoms with E-state index in [4.69, 9.17) is 8.61 Å². The largest absolute Gasteiger partial charge is 0.422 e. The van der Waals surface area contributed by atoms with Gasteiger partial charge in [0.2, 0.25) is 0 Å². The number of hydrogen-bond donors (Lipinski definition) is 0. The Morgan fingerprint density at radius 2 is 1.50 bits per heavy atom. The third-order valence-electron chi connectivity index (χ3n) is 5.26. The molecule has 1 saturated carbocycles. The molecule has 22 heavy (non-hydrogen) atoms. The third kappa shape index (κ3) is 4.13. The first-order valence-electron chi connectivity index (χ1n) is 8.39. The van der Waals surface area contributed by atoms with E-state index in [1.165, 1.54) is 0 Å². The lowest BCUT2D eigenvalue weighted by atomic mass is 9.57. The molecule has 1 aliphatic carbocycles. The summed E-state index contributed by atoms with van der Waals surface area (Å²) in [6, 6.07) is 0. The van der Waals surface area contributed by atoms with Crippen molar-refractivity contribution in [2.75, 3.05) is 6.26 Å². The Balaban J connectivity index is 3.00. The third-order valence-corrected chi connectivity index (χ3v) is 6.59. The zero-order valence-electron chi connectivity index (χ0n) is 15.4. The highest BCUT2D eigenvalue weighted by atomic mass is 32.2. The van der Waals surface area contributed by atoms with E-state index >= 15 is 0 Å². The van der Waals surface area contributed by atoms with Crippen molar-refractivity contribution < 1.29 is 17.0 Å². The van der Waals surface area contributed by atoms with Gasteiger partial charge in [0, 0.05) is 0 Å². The molecule has 0 bridgehead atoms. The summed E-state index contributed by atoms with van der Waals surface area (Å²) >= 11 is 0. The fourth-order valence-corrected chi connectivity index (χ4v) is 6.47.